The van der Waals surface area contributed by atoms with Gasteiger partial charge in [0.25, 0.3) is 0 Å². The van der Waals surface area contributed by atoms with E-state index in [1.165, 1.54) is 0 Å². The Morgan fingerprint density at radius 1 is 1.43 bits per heavy atom. The first kappa shape index (κ1) is 11.5. The lowest BCUT2D eigenvalue weighted by Gasteiger charge is -2.16. The van der Waals surface area contributed by atoms with E-state index in [-0.39, 0.29) is 0 Å². The summed E-state index contributed by atoms with van der Waals surface area (Å²) in [5, 5.41) is 9.90. The van der Waals surface area contributed by atoms with Gasteiger partial charge in [-0.05, 0) is 34.3 Å². The molecule has 0 saturated heterocycles. The Bertz CT molecular complexity index is 312. The fraction of sp³-hybridized carbons (Fsp3) is 0.455. The zero-order valence-electron chi connectivity index (χ0n) is 8.50. The predicted octanol–water partition coefficient (Wildman–Crippen LogP) is 3.11. The number of nitrogens with two attached hydrogens (primary N) is 1. The number of hydrogen-bond donors (Lipinski definition) is 2. The van der Waals surface area contributed by atoms with Crippen molar-refractivity contribution in [3.63, 3.8) is 0 Å². The maximum atomic E-state index is 9.90. The SMILES string of the molecule is CC(C)CC(O)c1cccc(Br)c1N. The number of rotatable bonds is 3. The number of anilines is 1. The molecule has 0 amide bonds. The predicted molar refractivity (Wildman–Crippen MR) is 63.0 cm³/mol. The molecule has 14 heavy (non-hydrogen) atoms. The van der Waals surface area contributed by atoms with Crippen LogP contribution >= 0.6 is 15.9 Å². The molecule has 3 N–H and O–H groups in total. The topological polar surface area (TPSA) is 46.2 Å². The molecule has 2 nitrogen and oxygen atoms in total. The fourth-order valence-electron chi connectivity index (χ4n) is 1.42. The molecule has 0 aromatic heterocycles. The number of aliphatic hydroxyl groups excluding tert-OH is 1. The van der Waals surface area contributed by atoms with Crippen LogP contribution in [0.4, 0.5) is 5.69 Å². The molecule has 78 valence electrons. The van der Waals surface area contributed by atoms with Gasteiger partial charge in [0.15, 0.2) is 0 Å². The first-order valence-electron chi connectivity index (χ1n) is 4.74. The highest BCUT2D eigenvalue weighted by Crippen LogP contribution is 2.30. The van der Waals surface area contributed by atoms with Crippen LogP contribution in [0.25, 0.3) is 0 Å². The summed E-state index contributed by atoms with van der Waals surface area (Å²) in [6.07, 6.45) is 0.271. The summed E-state index contributed by atoms with van der Waals surface area (Å²) in [6, 6.07) is 5.63. The molecular weight excluding hydrogens is 242 g/mol. The normalized spacial score (nSPS) is 13.2. The summed E-state index contributed by atoms with van der Waals surface area (Å²) in [5.41, 5.74) is 7.30. The summed E-state index contributed by atoms with van der Waals surface area (Å²) in [4.78, 5) is 0. The Morgan fingerprint density at radius 3 is 2.64 bits per heavy atom. The van der Waals surface area contributed by atoms with E-state index in [1.807, 2.05) is 18.2 Å². The Morgan fingerprint density at radius 2 is 2.07 bits per heavy atom. The van der Waals surface area contributed by atoms with Gasteiger partial charge in [0.05, 0.1) is 11.8 Å². The Balaban J connectivity index is 2.89. The van der Waals surface area contributed by atoms with E-state index in [0.717, 1.165) is 16.5 Å². The minimum atomic E-state index is -0.465. The monoisotopic (exact) mass is 257 g/mol. The van der Waals surface area contributed by atoms with Crippen LogP contribution in [0.5, 0.6) is 0 Å². The highest BCUT2D eigenvalue weighted by Gasteiger charge is 2.13. The second-order valence-electron chi connectivity index (χ2n) is 3.89. The van der Waals surface area contributed by atoms with Crippen molar-refractivity contribution in [1.29, 1.82) is 0 Å². The summed E-state index contributed by atoms with van der Waals surface area (Å²) in [6.45, 7) is 4.16. The minimum absolute atomic E-state index is 0.461. The Labute approximate surface area is 93.3 Å². The first-order valence-corrected chi connectivity index (χ1v) is 5.53. The highest BCUT2D eigenvalue weighted by molar-refractivity contribution is 9.10. The molecule has 3 heteroatoms. The summed E-state index contributed by atoms with van der Waals surface area (Å²) in [5.74, 6) is 0.461. The van der Waals surface area contributed by atoms with Crippen LogP contribution in [0.2, 0.25) is 0 Å². The Kier molecular flexibility index (Phi) is 3.96. The van der Waals surface area contributed by atoms with E-state index >= 15 is 0 Å². The number of hydrogen-bond acceptors (Lipinski definition) is 2. The smallest absolute Gasteiger partial charge is 0.0812 e. The van der Waals surface area contributed by atoms with E-state index in [0.29, 0.717) is 11.6 Å². The van der Waals surface area contributed by atoms with Gasteiger partial charge in [0, 0.05) is 10.0 Å². The summed E-state index contributed by atoms with van der Waals surface area (Å²) in [7, 11) is 0. The lowest BCUT2D eigenvalue weighted by Crippen LogP contribution is -2.05. The second-order valence-corrected chi connectivity index (χ2v) is 4.74. The molecule has 0 spiro atoms. The first-order chi connectivity index (χ1) is 6.52. The number of para-hydroxylation sites is 1. The van der Waals surface area contributed by atoms with Crippen molar-refractivity contribution >= 4 is 21.6 Å². The van der Waals surface area contributed by atoms with Crippen molar-refractivity contribution in [2.24, 2.45) is 5.92 Å². The van der Waals surface area contributed by atoms with Crippen molar-refractivity contribution in [3.05, 3.63) is 28.2 Å². The molecule has 0 aliphatic heterocycles. The molecule has 0 fully saturated rings. The van der Waals surface area contributed by atoms with Crippen molar-refractivity contribution in [2.45, 2.75) is 26.4 Å². The average molecular weight is 258 g/mol. The van der Waals surface area contributed by atoms with Crippen LogP contribution in [0.3, 0.4) is 0 Å². The van der Waals surface area contributed by atoms with Crippen LogP contribution in [0.1, 0.15) is 31.9 Å². The largest absolute Gasteiger partial charge is 0.398 e. The standard InChI is InChI=1S/C11H16BrNO/c1-7(2)6-10(14)8-4-3-5-9(12)11(8)13/h3-5,7,10,14H,6,13H2,1-2H3. The van der Waals surface area contributed by atoms with Gasteiger partial charge in [0.2, 0.25) is 0 Å². The van der Waals surface area contributed by atoms with Gasteiger partial charge in [0.1, 0.15) is 0 Å². The van der Waals surface area contributed by atoms with E-state index < -0.39 is 6.10 Å². The lowest BCUT2D eigenvalue weighted by atomic mass is 9.98. The number of nitrogen functional groups attached to an aromatic ring is 1. The molecule has 0 heterocycles. The number of benzene rings is 1. The minimum Gasteiger partial charge on any atom is -0.398 e. The molecule has 0 saturated carbocycles. The summed E-state index contributed by atoms with van der Waals surface area (Å²) >= 11 is 3.34. The molecule has 1 aromatic carbocycles. The fourth-order valence-corrected chi connectivity index (χ4v) is 1.80. The Hall–Kier alpha value is -0.540. The maximum Gasteiger partial charge on any atom is 0.0812 e. The summed E-state index contributed by atoms with van der Waals surface area (Å²) < 4.78 is 0.845. The van der Waals surface area contributed by atoms with Gasteiger partial charge < -0.3 is 10.8 Å². The van der Waals surface area contributed by atoms with Crippen LogP contribution in [0.15, 0.2) is 22.7 Å². The third kappa shape index (κ3) is 2.72. The molecular formula is C11H16BrNO. The van der Waals surface area contributed by atoms with Gasteiger partial charge in [-0.1, -0.05) is 26.0 Å². The molecule has 1 rings (SSSR count). The van der Waals surface area contributed by atoms with Crippen LogP contribution in [-0.4, -0.2) is 5.11 Å². The zero-order chi connectivity index (χ0) is 10.7. The van der Waals surface area contributed by atoms with Crippen LogP contribution < -0.4 is 5.73 Å². The maximum absolute atomic E-state index is 9.90. The van der Waals surface area contributed by atoms with Crippen molar-refractivity contribution in [1.82, 2.24) is 0 Å². The number of halogens is 1. The molecule has 1 atom stereocenters. The molecule has 0 aliphatic rings. The van der Waals surface area contributed by atoms with Crippen LogP contribution in [-0.2, 0) is 0 Å². The highest BCUT2D eigenvalue weighted by atomic mass is 79.9. The van der Waals surface area contributed by atoms with Gasteiger partial charge in [-0.15, -0.1) is 0 Å². The van der Waals surface area contributed by atoms with Gasteiger partial charge in [-0.3, -0.25) is 0 Å². The molecule has 1 aromatic rings. The van der Waals surface area contributed by atoms with Gasteiger partial charge in [-0.2, -0.15) is 0 Å². The van der Waals surface area contributed by atoms with E-state index in [9.17, 15) is 5.11 Å². The third-order valence-corrected chi connectivity index (χ3v) is 2.83. The number of aliphatic hydroxyl groups is 1. The third-order valence-electron chi connectivity index (χ3n) is 2.14. The molecule has 0 aliphatic carbocycles. The van der Waals surface area contributed by atoms with E-state index in [4.69, 9.17) is 5.73 Å². The van der Waals surface area contributed by atoms with E-state index in [1.54, 1.807) is 0 Å². The van der Waals surface area contributed by atoms with Crippen LogP contribution in [0, 0.1) is 5.92 Å². The molecule has 0 radical (unpaired) electrons. The molecule has 1 unspecified atom stereocenters. The molecule has 0 bridgehead atoms. The quantitative estimate of drug-likeness (QED) is 0.818. The van der Waals surface area contributed by atoms with Crippen molar-refractivity contribution in [2.75, 3.05) is 5.73 Å². The van der Waals surface area contributed by atoms with Crippen molar-refractivity contribution < 1.29 is 5.11 Å². The zero-order valence-corrected chi connectivity index (χ0v) is 10.1. The van der Waals surface area contributed by atoms with Crippen molar-refractivity contribution in [3.8, 4) is 0 Å². The lowest BCUT2D eigenvalue weighted by molar-refractivity contribution is 0.151. The average Bonchev–Trinajstić information content (AvgIpc) is 2.08. The second kappa shape index (κ2) is 4.80. The van der Waals surface area contributed by atoms with E-state index in [2.05, 4.69) is 29.8 Å². The van der Waals surface area contributed by atoms with Gasteiger partial charge >= 0.3 is 0 Å². The van der Waals surface area contributed by atoms with Gasteiger partial charge in [-0.25, -0.2) is 0 Å².